The molecule has 0 aliphatic carbocycles. The minimum Gasteiger partial charge on any atom is -0.382 e. The highest BCUT2D eigenvalue weighted by molar-refractivity contribution is 14.1. The molecule has 1 aromatic rings. The molecule has 0 saturated carbocycles. The van der Waals surface area contributed by atoms with Crippen LogP contribution in [0.15, 0.2) is 24.3 Å². The van der Waals surface area contributed by atoms with E-state index in [0.717, 1.165) is 19.4 Å². The van der Waals surface area contributed by atoms with Crippen LogP contribution in [-0.4, -0.2) is 18.2 Å². The first-order chi connectivity index (χ1) is 7.55. The van der Waals surface area contributed by atoms with Gasteiger partial charge in [-0.1, -0.05) is 0 Å². The number of nitrogens with one attached hydrogen (secondary N) is 1. The summed E-state index contributed by atoms with van der Waals surface area (Å²) in [6, 6.07) is 8.45. The summed E-state index contributed by atoms with van der Waals surface area (Å²) < 4.78 is 7.20. The van der Waals surface area contributed by atoms with Crippen LogP contribution in [0.3, 0.4) is 0 Å². The van der Waals surface area contributed by atoms with Gasteiger partial charge in [0, 0.05) is 15.8 Å². The Kier molecular flexibility index (Phi) is 3.74. The van der Waals surface area contributed by atoms with E-state index < -0.39 is 0 Å². The van der Waals surface area contributed by atoms with Crippen molar-refractivity contribution in [1.29, 1.82) is 0 Å². The first-order valence-electron chi connectivity index (χ1n) is 5.72. The lowest BCUT2D eigenvalue weighted by atomic mass is 10.1. The molecule has 0 amide bonds. The van der Waals surface area contributed by atoms with Gasteiger partial charge in [-0.2, -0.15) is 0 Å². The first-order valence-corrected chi connectivity index (χ1v) is 6.80. The SMILES string of the molecule is CC1(C)CCC(CNc2ccc(I)cc2)O1. The van der Waals surface area contributed by atoms with Crippen LogP contribution in [0.4, 0.5) is 5.69 Å². The van der Waals surface area contributed by atoms with Gasteiger partial charge in [0.15, 0.2) is 0 Å². The van der Waals surface area contributed by atoms with Gasteiger partial charge in [0.05, 0.1) is 11.7 Å². The molecule has 1 fully saturated rings. The lowest BCUT2D eigenvalue weighted by Crippen LogP contribution is -2.24. The van der Waals surface area contributed by atoms with Gasteiger partial charge in [-0.05, 0) is 73.5 Å². The minimum atomic E-state index is 0.0679. The molecular weight excluding hydrogens is 313 g/mol. The molecule has 0 aromatic heterocycles. The zero-order chi connectivity index (χ0) is 11.6. The highest BCUT2D eigenvalue weighted by Gasteiger charge is 2.31. The van der Waals surface area contributed by atoms with Crippen LogP contribution < -0.4 is 5.32 Å². The van der Waals surface area contributed by atoms with Crippen molar-refractivity contribution in [2.24, 2.45) is 0 Å². The maximum Gasteiger partial charge on any atom is 0.0755 e. The molecule has 1 N–H and O–H groups in total. The number of anilines is 1. The Morgan fingerprint density at radius 2 is 2.06 bits per heavy atom. The number of benzene rings is 1. The average Bonchev–Trinajstić information content (AvgIpc) is 2.58. The topological polar surface area (TPSA) is 21.3 Å². The second-order valence-corrected chi connectivity index (χ2v) is 6.17. The first kappa shape index (κ1) is 12.2. The molecule has 1 heterocycles. The van der Waals surface area contributed by atoms with Gasteiger partial charge >= 0.3 is 0 Å². The average molecular weight is 331 g/mol. The van der Waals surface area contributed by atoms with E-state index in [1.165, 1.54) is 9.26 Å². The Bertz CT molecular complexity index is 347. The Hall–Kier alpha value is -0.290. The molecule has 16 heavy (non-hydrogen) atoms. The van der Waals surface area contributed by atoms with Crippen LogP contribution in [0, 0.1) is 3.57 Å². The van der Waals surface area contributed by atoms with E-state index in [1.807, 2.05) is 0 Å². The third-order valence-corrected chi connectivity index (χ3v) is 3.65. The van der Waals surface area contributed by atoms with E-state index in [1.54, 1.807) is 0 Å². The lowest BCUT2D eigenvalue weighted by Gasteiger charge is -2.19. The van der Waals surface area contributed by atoms with Gasteiger partial charge in [-0.3, -0.25) is 0 Å². The summed E-state index contributed by atoms with van der Waals surface area (Å²) in [5.41, 5.74) is 1.24. The molecule has 1 atom stereocenters. The maximum absolute atomic E-state index is 5.93. The molecule has 0 spiro atoms. The monoisotopic (exact) mass is 331 g/mol. The van der Waals surface area contributed by atoms with Gasteiger partial charge in [-0.15, -0.1) is 0 Å². The van der Waals surface area contributed by atoms with Crippen molar-refractivity contribution in [3.05, 3.63) is 27.8 Å². The quantitative estimate of drug-likeness (QED) is 0.854. The summed E-state index contributed by atoms with van der Waals surface area (Å²) >= 11 is 2.32. The third kappa shape index (κ3) is 3.35. The molecule has 1 aliphatic heterocycles. The van der Waals surface area contributed by atoms with Crippen LogP contribution >= 0.6 is 22.6 Å². The van der Waals surface area contributed by atoms with Crippen LogP contribution in [0.1, 0.15) is 26.7 Å². The summed E-state index contributed by atoms with van der Waals surface area (Å²) in [7, 11) is 0. The summed E-state index contributed by atoms with van der Waals surface area (Å²) in [6.07, 6.45) is 2.67. The van der Waals surface area contributed by atoms with E-state index >= 15 is 0 Å². The summed E-state index contributed by atoms with van der Waals surface area (Å²) in [5.74, 6) is 0. The Balaban J connectivity index is 1.82. The lowest BCUT2D eigenvalue weighted by molar-refractivity contribution is -0.00910. The largest absolute Gasteiger partial charge is 0.382 e. The molecule has 3 heteroatoms. The normalized spacial score (nSPS) is 23.3. The molecule has 1 saturated heterocycles. The molecule has 88 valence electrons. The minimum absolute atomic E-state index is 0.0679. The Morgan fingerprint density at radius 3 is 2.62 bits per heavy atom. The van der Waals surface area contributed by atoms with Crippen LogP contribution in [0.25, 0.3) is 0 Å². The van der Waals surface area contributed by atoms with E-state index in [2.05, 4.69) is 66.0 Å². The van der Waals surface area contributed by atoms with Gasteiger partial charge in [0.25, 0.3) is 0 Å². The van der Waals surface area contributed by atoms with Gasteiger partial charge < -0.3 is 10.1 Å². The number of ether oxygens (including phenoxy) is 1. The molecular formula is C13H18INO. The predicted molar refractivity (Wildman–Crippen MR) is 75.8 cm³/mol. The summed E-state index contributed by atoms with van der Waals surface area (Å²) in [6.45, 7) is 5.24. The zero-order valence-electron chi connectivity index (χ0n) is 9.79. The Labute approximate surface area is 111 Å². The molecule has 1 unspecified atom stereocenters. The van der Waals surface area contributed by atoms with Gasteiger partial charge in [-0.25, -0.2) is 0 Å². The smallest absolute Gasteiger partial charge is 0.0755 e. The van der Waals surface area contributed by atoms with Crippen LogP contribution in [-0.2, 0) is 4.74 Å². The van der Waals surface area contributed by atoms with Crippen LogP contribution in [0.5, 0.6) is 0 Å². The molecule has 2 rings (SSSR count). The zero-order valence-corrected chi connectivity index (χ0v) is 12.0. The fourth-order valence-corrected chi connectivity index (χ4v) is 2.38. The number of hydrogen-bond acceptors (Lipinski definition) is 2. The molecule has 1 aromatic carbocycles. The highest BCUT2D eigenvalue weighted by atomic mass is 127. The molecule has 1 aliphatic rings. The molecule has 0 radical (unpaired) electrons. The Morgan fingerprint density at radius 1 is 1.38 bits per heavy atom. The summed E-state index contributed by atoms with van der Waals surface area (Å²) in [5, 5.41) is 3.42. The van der Waals surface area contributed by atoms with Crippen molar-refractivity contribution >= 4 is 28.3 Å². The van der Waals surface area contributed by atoms with E-state index in [0.29, 0.717) is 6.10 Å². The van der Waals surface area contributed by atoms with Crippen molar-refractivity contribution < 1.29 is 4.74 Å². The van der Waals surface area contributed by atoms with Crippen molar-refractivity contribution in [1.82, 2.24) is 0 Å². The van der Waals surface area contributed by atoms with Crippen molar-refractivity contribution in [3.8, 4) is 0 Å². The van der Waals surface area contributed by atoms with E-state index in [4.69, 9.17) is 4.74 Å². The van der Waals surface area contributed by atoms with E-state index in [9.17, 15) is 0 Å². The van der Waals surface area contributed by atoms with Crippen molar-refractivity contribution in [2.75, 3.05) is 11.9 Å². The van der Waals surface area contributed by atoms with Crippen LogP contribution in [0.2, 0.25) is 0 Å². The van der Waals surface area contributed by atoms with E-state index in [-0.39, 0.29) is 5.60 Å². The number of hydrogen-bond donors (Lipinski definition) is 1. The van der Waals surface area contributed by atoms with Crippen molar-refractivity contribution in [3.63, 3.8) is 0 Å². The van der Waals surface area contributed by atoms with Gasteiger partial charge in [0.2, 0.25) is 0 Å². The predicted octanol–water partition coefficient (Wildman–Crippen LogP) is 3.66. The standard InChI is InChI=1S/C13H18INO/c1-13(2)8-7-12(16-13)9-15-11-5-3-10(14)4-6-11/h3-6,12,15H,7-9H2,1-2H3. The number of halogens is 1. The van der Waals surface area contributed by atoms with Crippen molar-refractivity contribution in [2.45, 2.75) is 38.4 Å². The fourth-order valence-electron chi connectivity index (χ4n) is 2.02. The molecule has 2 nitrogen and oxygen atoms in total. The maximum atomic E-state index is 5.93. The fraction of sp³-hybridized carbons (Fsp3) is 0.538. The molecule has 0 bridgehead atoms. The highest BCUT2D eigenvalue weighted by Crippen LogP contribution is 2.29. The number of rotatable bonds is 3. The summed E-state index contributed by atoms with van der Waals surface area (Å²) in [4.78, 5) is 0. The second kappa shape index (κ2) is 4.92. The second-order valence-electron chi connectivity index (χ2n) is 4.93. The third-order valence-electron chi connectivity index (χ3n) is 2.93. The van der Waals surface area contributed by atoms with Gasteiger partial charge in [0.1, 0.15) is 0 Å².